The van der Waals surface area contributed by atoms with E-state index in [9.17, 15) is 76.3 Å². The normalized spacial score (nSPS) is 51.0. The third kappa shape index (κ3) is 11.7. The standard InChI is InChI=1S/C42H68O23/c43-13-26-30(49)33(52)36(55)40(63-26)60-23-11-19(46)10-22-20(23)12-25(39(59-22)17-3-5-18(45)6-4-17)62-42-38(57)35(54)32(51)28(65-42)15-58-29(48)8-2-16-1-7-21(47)24(9-16)61-41-37(56)34(53)31(50)27(14-44)64-41/h2,8,16-28,30-47,49-57H,1,3-7,9-15H2/t16?,17?,18?,19?,20?,21?,22?,23?,24?,25?,26-,27-,28-,30-,31-,32-,33+,34+,35+,36-,37-,38-,39?,40-,41-,42-/m1/s1. The second-order valence-electron chi connectivity index (χ2n) is 18.8. The first kappa shape index (κ1) is 51.2. The fraction of sp³-hybridized carbons (Fsp3) is 0.929. The minimum atomic E-state index is -1.81. The lowest BCUT2D eigenvalue weighted by atomic mass is 9.73. The van der Waals surface area contributed by atoms with E-state index in [2.05, 4.69) is 0 Å². The second-order valence-corrected chi connectivity index (χ2v) is 18.8. The molecule has 23 nitrogen and oxygen atoms in total. The molecule has 0 aromatic carbocycles. The second kappa shape index (κ2) is 22.4. The van der Waals surface area contributed by atoms with E-state index in [4.69, 9.17) is 37.9 Å². The Balaban J connectivity index is 0.985. The van der Waals surface area contributed by atoms with Gasteiger partial charge in [0.15, 0.2) is 18.9 Å². The van der Waals surface area contributed by atoms with E-state index < -0.39 is 173 Å². The monoisotopic (exact) mass is 940 g/mol. The van der Waals surface area contributed by atoms with E-state index in [-0.39, 0.29) is 43.9 Å². The molecule has 0 aromatic rings. The van der Waals surface area contributed by atoms with Gasteiger partial charge in [0, 0.05) is 18.4 Å². The molecule has 7 rings (SSSR count). The van der Waals surface area contributed by atoms with Crippen molar-refractivity contribution in [2.45, 2.75) is 205 Å². The van der Waals surface area contributed by atoms with Gasteiger partial charge in [-0.1, -0.05) is 6.08 Å². The molecule has 65 heavy (non-hydrogen) atoms. The number of aliphatic hydroxyl groups is 14. The predicted octanol–water partition coefficient (Wildman–Crippen LogP) is -5.71. The first-order chi connectivity index (χ1) is 31.0. The van der Waals surface area contributed by atoms with E-state index in [0.717, 1.165) is 6.08 Å². The zero-order chi connectivity index (χ0) is 46.9. The molecule has 0 radical (unpaired) electrons. The van der Waals surface area contributed by atoms with Crippen molar-refractivity contribution in [3.63, 3.8) is 0 Å². The maximum atomic E-state index is 13.0. The summed E-state index contributed by atoms with van der Waals surface area (Å²) < 4.78 is 47.4. The van der Waals surface area contributed by atoms with Crippen molar-refractivity contribution in [1.82, 2.24) is 0 Å². The number of allylic oxidation sites excluding steroid dienone is 1. The number of ether oxygens (including phenoxy) is 8. The third-order valence-corrected chi connectivity index (χ3v) is 14.4. The smallest absolute Gasteiger partial charge is 0.330 e. The number of carbonyl (C=O) groups is 1. The molecule has 3 saturated carbocycles. The van der Waals surface area contributed by atoms with Crippen LogP contribution in [0, 0.1) is 17.8 Å². The summed E-state index contributed by atoms with van der Waals surface area (Å²) in [5, 5.41) is 146. The van der Waals surface area contributed by atoms with Gasteiger partial charge in [-0.25, -0.2) is 4.79 Å². The fourth-order valence-electron chi connectivity index (χ4n) is 10.4. The van der Waals surface area contributed by atoms with E-state index in [0.29, 0.717) is 32.1 Å². The summed E-state index contributed by atoms with van der Waals surface area (Å²) in [5.74, 6) is -1.87. The van der Waals surface area contributed by atoms with Crippen molar-refractivity contribution in [2.75, 3.05) is 19.8 Å². The zero-order valence-electron chi connectivity index (χ0n) is 35.8. The summed E-state index contributed by atoms with van der Waals surface area (Å²) in [7, 11) is 0. The molecule has 3 aliphatic carbocycles. The molecule has 14 N–H and O–H groups in total. The lowest BCUT2D eigenvalue weighted by molar-refractivity contribution is -0.344. The van der Waals surface area contributed by atoms with Crippen LogP contribution in [-0.2, 0) is 42.7 Å². The van der Waals surface area contributed by atoms with Crippen molar-refractivity contribution >= 4 is 5.97 Å². The van der Waals surface area contributed by atoms with E-state index in [1.165, 1.54) is 6.08 Å². The van der Waals surface area contributed by atoms with Gasteiger partial charge >= 0.3 is 5.97 Å². The molecule has 374 valence electrons. The zero-order valence-corrected chi connectivity index (χ0v) is 35.8. The van der Waals surface area contributed by atoms with Gasteiger partial charge in [0.05, 0.1) is 62.0 Å². The number of hydrogen-bond donors (Lipinski definition) is 14. The first-order valence-corrected chi connectivity index (χ1v) is 22.8. The van der Waals surface area contributed by atoms with Gasteiger partial charge in [-0.05, 0) is 69.6 Å². The largest absolute Gasteiger partial charge is 0.460 e. The van der Waals surface area contributed by atoms with Gasteiger partial charge in [0.1, 0.15) is 79.9 Å². The summed E-state index contributed by atoms with van der Waals surface area (Å²) in [6.07, 6.45) is -23.9. The molecule has 9 unspecified atom stereocenters. The van der Waals surface area contributed by atoms with Crippen LogP contribution < -0.4 is 0 Å². The number of carbonyl (C=O) groups excluding carboxylic acids is 1. The molecule has 0 spiro atoms. The van der Waals surface area contributed by atoms with Gasteiger partial charge in [0.25, 0.3) is 0 Å². The Hall–Kier alpha value is -1.63. The van der Waals surface area contributed by atoms with Crippen LogP contribution in [-0.4, -0.2) is 238 Å². The summed E-state index contributed by atoms with van der Waals surface area (Å²) in [6.45, 7) is -1.92. The third-order valence-electron chi connectivity index (χ3n) is 14.4. The van der Waals surface area contributed by atoms with Crippen LogP contribution in [0.4, 0.5) is 0 Å². The maximum Gasteiger partial charge on any atom is 0.330 e. The Bertz CT molecular complexity index is 1530. The van der Waals surface area contributed by atoms with Crippen molar-refractivity contribution in [3.05, 3.63) is 12.2 Å². The summed E-state index contributed by atoms with van der Waals surface area (Å²) in [5.41, 5.74) is 0. The molecule has 0 aromatic heterocycles. The van der Waals surface area contributed by atoms with Crippen LogP contribution in [0.3, 0.4) is 0 Å². The maximum absolute atomic E-state index is 13.0. The van der Waals surface area contributed by atoms with Gasteiger partial charge in [-0.2, -0.15) is 0 Å². The lowest BCUT2D eigenvalue weighted by Crippen LogP contribution is -2.63. The van der Waals surface area contributed by atoms with Crippen LogP contribution >= 0.6 is 0 Å². The van der Waals surface area contributed by atoms with E-state index in [1.54, 1.807) is 0 Å². The molecule has 0 bridgehead atoms. The Labute approximate surface area is 374 Å². The highest BCUT2D eigenvalue weighted by molar-refractivity contribution is 5.81. The van der Waals surface area contributed by atoms with Crippen molar-refractivity contribution < 1.29 is 114 Å². The number of rotatable bonds is 13. The minimum Gasteiger partial charge on any atom is -0.460 e. The topological polar surface area (TPSA) is 374 Å². The predicted molar refractivity (Wildman–Crippen MR) is 212 cm³/mol. The SMILES string of the molecule is O=C(C=CC1CCC(O)C(O[C@@H]2O[C@H](CO)[C@@H](O)[C@H](O)[C@H]2O)C1)OC[C@H]1O[C@@H](OC2CC3C(CC(O)CC3O[C@@H]3O[C@H](CO)[C@@H](O)[C@H](O)[C@H]3O)OC2C2CCC(O)CC2)[C@H](O)[C@@H](O)[C@@H]1O. The van der Waals surface area contributed by atoms with Gasteiger partial charge in [0.2, 0.25) is 0 Å². The van der Waals surface area contributed by atoms with Crippen LogP contribution in [0.25, 0.3) is 0 Å². The van der Waals surface area contributed by atoms with Crippen LogP contribution in [0.5, 0.6) is 0 Å². The van der Waals surface area contributed by atoms with Crippen molar-refractivity contribution in [2.24, 2.45) is 17.8 Å². The van der Waals surface area contributed by atoms with Crippen LogP contribution in [0.15, 0.2) is 12.2 Å². The molecule has 4 heterocycles. The number of esters is 1. The average Bonchev–Trinajstić information content (AvgIpc) is 3.29. The highest BCUT2D eigenvalue weighted by Gasteiger charge is 2.54. The fourth-order valence-corrected chi connectivity index (χ4v) is 10.4. The molecule has 23 heteroatoms. The first-order valence-electron chi connectivity index (χ1n) is 22.8. The molecule has 7 fully saturated rings. The average molecular weight is 941 g/mol. The molecule has 4 saturated heterocycles. The highest BCUT2D eigenvalue weighted by Crippen LogP contribution is 2.45. The number of fused-ring (bicyclic) bond motifs is 1. The summed E-state index contributed by atoms with van der Waals surface area (Å²) in [4.78, 5) is 13.0. The number of hydrogen-bond acceptors (Lipinski definition) is 23. The molecular weight excluding hydrogens is 872 g/mol. The Morgan fingerprint density at radius 3 is 1.60 bits per heavy atom. The van der Waals surface area contributed by atoms with Crippen molar-refractivity contribution in [1.29, 1.82) is 0 Å². The van der Waals surface area contributed by atoms with Gasteiger partial charge < -0.3 is 109 Å². The van der Waals surface area contributed by atoms with E-state index in [1.807, 2.05) is 0 Å². The van der Waals surface area contributed by atoms with Gasteiger partial charge in [-0.15, -0.1) is 0 Å². The van der Waals surface area contributed by atoms with Crippen molar-refractivity contribution in [3.8, 4) is 0 Å². The lowest BCUT2D eigenvalue weighted by Gasteiger charge is -2.52. The highest BCUT2D eigenvalue weighted by atomic mass is 16.7. The van der Waals surface area contributed by atoms with Crippen LogP contribution in [0.1, 0.15) is 64.2 Å². The quantitative estimate of drug-likeness (QED) is 0.0604. The van der Waals surface area contributed by atoms with Crippen LogP contribution in [0.2, 0.25) is 0 Å². The molecular formula is C42H68O23. The Kier molecular flexibility index (Phi) is 17.7. The summed E-state index contributed by atoms with van der Waals surface area (Å²) >= 11 is 0. The van der Waals surface area contributed by atoms with E-state index >= 15 is 0 Å². The molecule has 24 atom stereocenters. The Morgan fingerprint density at radius 2 is 1.03 bits per heavy atom. The minimum absolute atomic E-state index is 0.0567. The summed E-state index contributed by atoms with van der Waals surface area (Å²) in [6, 6.07) is 0. The molecule has 4 aliphatic heterocycles. The van der Waals surface area contributed by atoms with Gasteiger partial charge in [-0.3, -0.25) is 0 Å². The molecule has 0 amide bonds. The Morgan fingerprint density at radius 1 is 0.508 bits per heavy atom. The number of aliphatic hydroxyl groups excluding tert-OH is 14. The molecule has 7 aliphatic rings.